The molecule has 1 fully saturated rings. The molecule has 0 aliphatic carbocycles. The van der Waals surface area contributed by atoms with Gasteiger partial charge in [0.25, 0.3) is 0 Å². The van der Waals surface area contributed by atoms with Crippen molar-refractivity contribution in [2.75, 3.05) is 20.1 Å². The smallest absolute Gasteiger partial charge is 0.0982 e. The topological polar surface area (TPSA) is 28.2 Å². The first-order chi connectivity index (χ1) is 8.47. The minimum atomic E-state index is 0. The van der Waals surface area contributed by atoms with E-state index in [-0.39, 0.29) is 17.8 Å². The number of nitrogens with one attached hydrogen (secondary N) is 1. The van der Waals surface area contributed by atoms with E-state index in [4.69, 9.17) is 4.98 Å². The molecule has 2 rings (SSSR count). The van der Waals surface area contributed by atoms with Gasteiger partial charge in [-0.25, -0.2) is 4.98 Å². The molecule has 110 valence electrons. The van der Waals surface area contributed by atoms with E-state index in [0.717, 1.165) is 19.6 Å². The van der Waals surface area contributed by atoms with Crippen molar-refractivity contribution in [3.63, 3.8) is 0 Å². The Kier molecular flexibility index (Phi) is 6.24. The maximum absolute atomic E-state index is 4.78. The van der Waals surface area contributed by atoms with Gasteiger partial charge in [0.05, 0.1) is 10.7 Å². The summed E-state index contributed by atoms with van der Waals surface area (Å²) in [6.07, 6.45) is 2.51. The molecule has 0 spiro atoms. The molecule has 0 aromatic carbocycles. The molecular weight excluding hydrogens is 278 g/mol. The van der Waals surface area contributed by atoms with Gasteiger partial charge in [-0.15, -0.1) is 23.7 Å². The minimum Gasteiger partial charge on any atom is -0.317 e. The highest BCUT2D eigenvalue weighted by Crippen LogP contribution is 2.26. The molecular formula is C14H26ClN3S. The van der Waals surface area contributed by atoms with Crippen LogP contribution in [0.25, 0.3) is 0 Å². The van der Waals surface area contributed by atoms with Crippen LogP contribution in [-0.2, 0) is 12.0 Å². The largest absolute Gasteiger partial charge is 0.317 e. The molecule has 0 unspecified atom stereocenters. The van der Waals surface area contributed by atoms with Crippen LogP contribution in [0.4, 0.5) is 0 Å². The highest BCUT2D eigenvalue weighted by molar-refractivity contribution is 7.09. The predicted molar refractivity (Wildman–Crippen MR) is 85.4 cm³/mol. The molecule has 19 heavy (non-hydrogen) atoms. The van der Waals surface area contributed by atoms with Crippen molar-refractivity contribution in [2.24, 2.45) is 0 Å². The van der Waals surface area contributed by atoms with E-state index in [1.807, 2.05) is 0 Å². The molecule has 0 amide bonds. The van der Waals surface area contributed by atoms with E-state index in [9.17, 15) is 0 Å². The molecule has 3 nitrogen and oxygen atoms in total. The van der Waals surface area contributed by atoms with Gasteiger partial charge in [-0.05, 0) is 33.0 Å². The lowest BCUT2D eigenvalue weighted by Crippen LogP contribution is -2.40. The number of piperidine rings is 1. The Morgan fingerprint density at radius 2 is 2.00 bits per heavy atom. The third-order valence-electron chi connectivity index (χ3n) is 3.54. The van der Waals surface area contributed by atoms with E-state index in [1.54, 1.807) is 11.3 Å². The maximum Gasteiger partial charge on any atom is 0.0982 e. The molecule has 0 saturated carbocycles. The normalized spacial score (nSPS) is 17.5. The number of aromatic nitrogens is 1. The summed E-state index contributed by atoms with van der Waals surface area (Å²) in [5, 5.41) is 6.88. The Labute approximate surface area is 127 Å². The first-order valence-corrected chi connectivity index (χ1v) is 7.70. The number of hydrogen-bond donors (Lipinski definition) is 1. The van der Waals surface area contributed by atoms with Gasteiger partial charge in [0.15, 0.2) is 0 Å². The fraction of sp³-hybridized carbons (Fsp3) is 0.786. The van der Waals surface area contributed by atoms with Crippen LogP contribution in [0.5, 0.6) is 0 Å². The van der Waals surface area contributed by atoms with Gasteiger partial charge in [0.2, 0.25) is 0 Å². The van der Waals surface area contributed by atoms with Gasteiger partial charge in [0, 0.05) is 23.4 Å². The van der Waals surface area contributed by atoms with Crippen LogP contribution in [0.1, 0.15) is 44.3 Å². The van der Waals surface area contributed by atoms with Crippen molar-refractivity contribution < 1.29 is 0 Å². The molecule has 0 bridgehead atoms. The zero-order valence-corrected chi connectivity index (χ0v) is 14.0. The standard InChI is InChI=1S/C14H25N3S.ClH/c1-14(2,3)13-16-11(10-18-13)9-17(4)12-5-7-15-8-6-12;/h10,12,15H,5-9H2,1-4H3;1H. The van der Waals surface area contributed by atoms with Crippen LogP contribution in [0.2, 0.25) is 0 Å². The minimum absolute atomic E-state index is 0. The Morgan fingerprint density at radius 3 is 2.53 bits per heavy atom. The summed E-state index contributed by atoms with van der Waals surface area (Å²) in [5.74, 6) is 0. The summed E-state index contributed by atoms with van der Waals surface area (Å²) in [5.41, 5.74) is 1.40. The summed E-state index contributed by atoms with van der Waals surface area (Å²) in [4.78, 5) is 7.24. The van der Waals surface area contributed by atoms with Gasteiger partial charge in [-0.1, -0.05) is 20.8 Å². The van der Waals surface area contributed by atoms with Crippen molar-refractivity contribution in [3.8, 4) is 0 Å². The summed E-state index contributed by atoms with van der Waals surface area (Å²) in [7, 11) is 2.23. The molecule has 1 aliphatic rings. The van der Waals surface area contributed by atoms with Gasteiger partial charge in [-0.2, -0.15) is 0 Å². The van der Waals surface area contributed by atoms with Crippen molar-refractivity contribution >= 4 is 23.7 Å². The molecule has 0 radical (unpaired) electrons. The maximum atomic E-state index is 4.78. The predicted octanol–water partition coefficient (Wildman–Crippen LogP) is 3.05. The summed E-state index contributed by atoms with van der Waals surface area (Å²) < 4.78 is 0. The molecule has 0 atom stereocenters. The first-order valence-electron chi connectivity index (χ1n) is 6.82. The Morgan fingerprint density at radius 1 is 1.37 bits per heavy atom. The van der Waals surface area contributed by atoms with E-state index in [1.165, 1.54) is 23.5 Å². The van der Waals surface area contributed by atoms with Crippen molar-refractivity contribution in [1.82, 2.24) is 15.2 Å². The fourth-order valence-electron chi connectivity index (χ4n) is 2.36. The molecule has 1 N–H and O–H groups in total. The molecule has 1 aliphatic heterocycles. The molecule has 5 heteroatoms. The van der Waals surface area contributed by atoms with Gasteiger partial charge in [-0.3, -0.25) is 4.90 Å². The van der Waals surface area contributed by atoms with E-state index >= 15 is 0 Å². The summed E-state index contributed by atoms with van der Waals surface area (Å²) in [6, 6.07) is 0.714. The monoisotopic (exact) mass is 303 g/mol. The quantitative estimate of drug-likeness (QED) is 0.930. The van der Waals surface area contributed by atoms with Crippen LogP contribution < -0.4 is 5.32 Å². The Balaban J connectivity index is 0.00000180. The van der Waals surface area contributed by atoms with Crippen LogP contribution in [-0.4, -0.2) is 36.1 Å². The SMILES string of the molecule is CN(Cc1csc(C(C)(C)C)n1)C1CCNCC1.Cl. The third kappa shape index (κ3) is 4.71. The zero-order chi connectivity index (χ0) is 13.2. The van der Waals surface area contributed by atoms with Crippen LogP contribution >= 0.6 is 23.7 Å². The highest BCUT2D eigenvalue weighted by atomic mass is 35.5. The number of halogens is 1. The third-order valence-corrected chi connectivity index (χ3v) is 4.85. The second-order valence-electron chi connectivity index (χ2n) is 6.29. The lowest BCUT2D eigenvalue weighted by Gasteiger charge is -2.31. The first kappa shape index (κ1) is 16.9. The van der Waals surface area contributed by atoms with Crippen molar-refractivity contribution in [1.29, 1.82) is 0 Å². The number of thiazole rings is 1. The van der Waals surface area contributed by atoms with E-state index in [0.29, 0.717) is 6.04 Å². The Bertz CT molecular complexity index is 380. The highest BCUT2D eigenvalue weighted by Gasteiger charge is 2.21. The number of rotatable bonds is 3. The van der Waals surface area contributed by atoms with Crippen LogP contribution in [0.3, 0.4) is 0 Å². The molecule has 1 saturated heterocycles. The lowest BCUT2D eigenvalue weighted by atomic mass is 9.98. The van der Waals surface area contributed by atoms with E-state index in [2.05, 4.69) is 43.4 Å². The second kappa shape index (κ2) is 7.02. The average Bonchev–Trinajstić information content (AvgIpc) is 2.78. The van der Waals surface area contributed by atoms with Crippen molar-refractivity contribution in [2.45, 2.75) is 51.6 Å². The van der Waals surface area contributed by atoms with Gasteiger partial charge < -0.3 is 5.32 Å². The van der Waals surface area contributed by atoms with Crippen LogP contribution in [0, 0.1) is 0 Å². The molecule has 2 heterocycles. The lowest BCUT2D eigenvalue weighted by molar-refractivity contribution is 0.190. The second-order valence-corrected chi connectivity index (χ2v) is 7.15. The number of nitrogens with zero attached hydrogens (tertiary/aromatic N) is 2. The molecule has 1 aromatic rings. The van der Waals surface area contributed by atoms with Gasteiger partial charge >= 0.3 is 0 Å². The van der Waals surface area contributed by atoms with E-state index < -0.39 is 0 Å². The molecule has 1 aromatic heterocycles. The average molecular weight is 304 g/mol. The van der Waals surface area contributed by atoms with Gasteiger partial charge in [0.1, 0.15) is 0 Å². The summed E-state index contributed by atoms with van der Waals surface area (Å²) in [6.45, 7) is 9.97. The fourth-order valence-corrected chi connectivity index (χ4v) is 3.25. The summed E-state index contributed by atoms with van der Waals surface area (Å²) >= 11 is 1.80. The Hall–Kier alpha value is -0.160. The number of hydrogen-bond acceptors (Lipinski definition) is 4. The van der Waals surface area contributed by atoms with Crippen LogP contribution in [0.15, 0.2) is 5.38 Å². The van der Waals surface area contributed by atoms with Crippen molar-refractivity contribution in [3.05, 3.63) is 16.1 Å². The zero-order valence-electron chi connectivity index (χ0n) is 12.4.